The number of hydrogen-bond acceptors (Lipinski definition) is 2. The maximum Gasteiger partial charge on any atom is 0.189 e. The van der Waals surface area contributed by atoms with Gasteiger partial charge in [-0.1, -0.05) is 54.1 Å². The molecule has 2 atom stereocenters. The summed E-state index contributed by atoms with van der Waals surface area (Å²) in [6.07, 6.45) is 3.28. The minimum Gasteiger partial charge on any atom is -0.370 e. The third kappa shape index (κ3) is 5.02. The highest BCUT2D eigenvalue weighted by atomic mass is 35.5. The summed E-state index contributed by atoms with van der Waals surface area (Å²) in [7, 11) is 0. The van der Waals surface area contributed by atoms with Gasteiger partial charge in [0.05, 0.1) is 6.04 Å². The monoisotopic (exact) mass is 382 g/mol. The molecule has 1 aliphatic heterocycles. The topological polar surface area (TPSA) is 53.6 Å². The van der Waals surface area contributed by atoms with Gasteiger partial charge in [-0.15, -0.1) is 0 Å². The maximum atomic E-state index is 6.17. The molecule has 3 N–H and O–H groups in total. The van der Waals surface area contributed by atoms with Crippen LogP contribution in [0.2, 0.25) is 5.02 Å². The zero-order valence-electron chi connectivity index (χ0n) is 15.5. The van der Waals surface area contributed by atoms with E-state index in [2.05, 4.69) is 57.7 Å². The number of guanidine groups is 1. The molecule has 2 aromatic carbocycles. The van der Waals surface area contributed by atoms with Gasteiger partial charge in [-0.25, -0.2) is 4.99 Å². The van der Waals surface area contributed by atoms with E-state index >= 15 is 0 Å². The Balaban J connectivity index is 1.22. The molecule has 1 saturated heterocycles. The molecule has 4 rings (SSSR count). The maximum absolute atomic E-state index is 6.17. The SMILES string of the molecule is NC(=N[C@@H]1C[C@H]1c1ccc(Cl)cc1)NC1CCN(Cc2ccccc2)CC1. The molecule has 5 heteroatoms. The molecule has 4 nitrogen and oxygen atoms in total. The molecular formula is C22H27ClN4. The van der Waals surface area contributed by atoms with Crippen LogP contribution in [0.3, 0.4) is 0 Å². The number of rotatable bonds is 5. The van der Waals surface area contributed by atoms with Gasteiger partial charge in [-0.05, 0) is 42.5 Å². The lowest BCUT2D eigenvalue weighted by Gasteiger charge is -2.32. The van der Waals surface area contributed by atoms with Crippen molar-refractivity contribution in [3.05, 3.63) is 70.7 Å². The number of hydrogen-bond donors (Lipinski definition) is 2. The van der Waals surface area contributed by atoms with Gasteiger partial charge in [0.25, 0.3) is 0 Å². The summed E-state index contributed by atoms with van der Waals surface area (Å²) in [5.74, 6) is 1.08. The van der Waals surface area contributed by atoms with Gasteiger partial charge in [0.15, 0.2) is 5.96 Å². The Bertz CT molecular complexity index is 767. The largest absolute Gasteiger partial charge is 0.370 e. The van der Waals surface area contributed by atoms with E-state index in [4.69, 9.17) is 17.3 Å². The molecule has 1 saturated carbocycles. The number of aliphatic imine (C=N–C) groups is 1. The Labute approximate surface area is 166 Å². The minimum absolute atomic E-state index is 0.303. The second-order valence-corrected chi connectivity index (χ2v) is 8.09. The summed E-state index contributed by atoms with van der Waals surface area (Å²) in [5, 5.41) is 4.21. The van der Waals surface area contributed by atoms with Crippen LogP contribution in [0.5, 0.6) is 0 Å². The quantitative estimate of drug-likeness (QED) is 0.611. The Hall–Kier alpha value is -2.04. The van der Waals surface area contributed by atoms with E-state index in [0.717, 1.165) is 43.9 Å². The summed E-state index contributed by atoms with van der Waals surface area (Å²) < 4.78 is 0. The van der Waals surface area contributed by atoms with E-state index in [0.29, 0.717) is 24.0 Å². The van der Waals surface area contributed by atoms with Crippen molar-refractivity contribution in [3.63, 3.8) is 0 Å². The summed E-state index contributed by atoms with van der Waals surface area (Å²) in [6.45, 7) is 3.22. The average molecular weight is 383 g/mol. The molecule has 142 valence electrons. The van der Waals surface area contributed by atoms with E-state index in [1.807, 2.05) is 12.1 Å². The highest BCUT2D eigenvalue weighted by Crippen LogP contribution is 2.43. The molecule has 27 heavy (non-hydrogen) atoms. The average Bonchev–Trinajstić information content (AvgIpc) is 3.43. The Morgan fingerprint density at radius 2 is 1.78 bits per heavy atom. The summed E-state index contributed by atoms with van der Waals surface area (Å²) in [5.41, 5.74) is 8.85. The Kier molecular flexibility index (Phi) is 5.65. The van der Waals surface area contributed by atoms with Crippen molar-refractivity contribution in [1.29, 1.82) is 0 Å². The van der Waals surface area contributed by atoms with Crippen molar-refractivity contribution in [2.75, 3.05) is 13.1 Å². The third-order valence-electron chi connectivity index (χ3n) is 5.55. The fourth-order valence-electron chi connectivity index (χ4n) is 3.89. The van der Waals surface area contributed by atoms with E-state index in [1.54, 1.807) is 0 Å². The number of piperidine rings is 1. The first-order valence-corrected chi connectivity index (χ1v) is 10.2. The zero-order valence-corrected chi connectivity index (χ0v) is 16.3. The first-order valence-electron chi connectivity index (χ1n) is 9.79. The van der Waals surface area contributed by atoms with Crippen LogP contribution in [0.4, 0.5) is 0 Å². The van der Waals surface area contributed by atoms with Crippen LogP contribution in [0, 0.1) is 0 Å². The first-order chi connectivity index (χ1) is 13.2. The molecule has 2 aromatic rings. The van der Waals surface area contributed by atoms with Gasteiger partial charge in [0, 0.05) is 36.6 Å². The lowest BCUT2D eigenvalue weighted by atomic mass is 10.0. The number of nitrogens with two attached hydrogens (primary N) is 1. The van der Waals surface area contributed by atoms with Crippen molar-refractivity contribution in [2.24, 2.45) is 10.7 Å². The number of nitrogens with one attached hydrogen (secondary N) is 1. The molecule has 0 spiro atoms. The van der Waals surface area contributed by atoms with E-state index < -0.39 is 0 Å². The number of nitrogens with zero attached hydrogens (tertiary/aromatic N) is 2. The van der Waals surface area contributed by atoms with Crippen LogP contribution in [0.15, 0.2) is 59.6 Å². The van der Waals surface area contributed by atoms with Crippen LogP contribution < -0.4 is 11.1 Å². The molecule has 1 aliphatic carbocycles. The van der Waals surface area contributed by atoms with Crippen molar-refractivity contribution in [3.8, 4) is 0 Å². The van der Waals surface area contributed by atoms with Crippen LogP contribution in [-0.2, 0) is 6.54 Å². The fourth-order valence-corrected chi connectivity index (χ4v) is 4.02. The van der Waals surface area contributed by atoms with Gasteiger partial charge in [0.2, 0.25) is 0 Å². The Morgan fingerprint density at radius 1 is 1.07 bits per heavy atom. The second kappa shape index (κ2) is 8.32. The molecule has 0 unspecified atom stereocenters. The first kappa shape index (κ1) is 18.3. The predicted molar refractivity (Wildman–Crippen MR) is 112 cm³/mol. The Morgan fingerprint density at radius 3 is 2.48 bits per heavy atom. The second-order valence-electron chi connectivity index (χ2n) is 7.66. The van der Waals surface area contributed by atoms with Gasteiger partial charge in [-0.2, -0.15) is 0 Å². The minimum atomic E-state index is 0.303. The number of benzene rings is 2. The van der Waals surface area contributed by atoms with Crippen molar-refractivity contribution in [2.45, 2.75) is 43.8 Å². The van der Waals surface area contributed by atoms with Crippen LogP contribution in [0.1, 0.15) is 36.3 Å². The molecule has 0 bridgehead atoms. The lowest BCUT2D eigenvalue weighted by molar-refractivity contribution is 0.199. The zero-order chi connectivity index (χ0) is 18.6. The predicted octanol–water partition coefficient (Wildman–Crippen LogP) is 3.76. The normalized spacial score (nSPS) is 24.0. The van der Waals surface area contributed by atoms with E-state index in [-0.39, 0.29) is 0 Å². The fraction of sp³-hybridized carbons (Fsp3) is 0.409. The smallest absolute Gasteiger partial charge is 0.189 e. The van der Waals surface area contributed by atoms with Crippen LogP contribution in [0.25, 0.3) is 0 Å². The molecule has 0 radical (unpaired) electrons. The summed E-state index contributed by atoms with van der Waals surface area (Å²) in [6, 6.07) is 19.5. The van der Waals surface area contributed by atoms with Crippen molar-refractivity contribution >= 4 is 17.6 Å². The molecular weight excluding hydrogens is 356 g/mol. The third-order valence-corrected chi connectivity index (χ3v) is 5.80. The van der Waals surface area contributed by atoms with Gasteiger partial charge in [0.1, 0.15) is 0 Å². The van der Waals surface area contributed by atoms with E-state index in [9.17, 15) is 0 Å². The van der Waals surface area contributed by atoms with Crippen LogP contribution >= 0.6 is 11.6 Å². The van der Waals surface area contributed by atoms with Gasteiger partial charge >= 0.3 is 0 Å². The van der Waals surface area contributed by atoms with Crippen molar-refractivity contribution in [1.82, 2.24) is 10.2 Å². The lowest BCUT2D eigenvalue weighted by Crippen LogP contribution is -2.47. The molecule has 2 fully saturated rings. The molecule has 1 heterocycles. The number of halogens is 1. The number of likely N-dealkylation sites (tertiary alicyclic amines) is 1. The summed E-state index contributed by atoms with van der Waals surface area (Å²) in [4.78, 5) is 7.20. The van der Waals surface area contributed by atoms with Gasteiger partial charge in [-0.3, -0.25) is 4.90 Å². The summed E-state index contributed by atoms with van der Waals surface area (Å²) >= 11 is 5.96. The van der Waals surface area contributed by atoms with E-state index in [1.165, 1.54) is 11.1 Å². The van der Waals surface area contributed by atoms with Crippen LogP contribution in [-0.4, -0.2) is 36.0 Å². The molecule has 2 aliphatic rings. The van der Waals surface area contributed by atoms with Gasteiger partial charge < -0.3 is 11.1 Å². The molecule has 0 aromatic heterocycles. The standard InChI is InChI=1S/C22H27ClN4/c23-18-8-6-17(7-9-18)20-14-21(20)26-22(24)25-19-10-12-27(13-11-19)15-16-4-2-1-3-5-16/h1-9,19-21H,10-15H2,(H3,24,25,26)/t20-,21+/m0/s1. The molecule has 0 amide bonds. The highest BCUT2D eigenvalue weighted by Gasteiger charge is 2.38. The van der Waals surface area contributed by atoms with Crippen molar-refractivity contribution < 1.29 is 0 Å². The highest BCUT2D eigenvalue weighted by molar-refractivity contribution is 6.30.